The molecule has 0 aromatic heterocycles. The summed E-state index contributed by atoms with van der Waals surface area (Å²) in [6.45, 7) is 0. The van der Waals surface area contributed by atoms with E-state index in [2.05, 4.69) is 12.4 Å². The lowest BCUT2D eigenvalue weighted by Crippen LogP contribution is -2.60. The average molecular weight is 165 g/mol. The molecule has 0 radical (unpaired) electrons. The van der Waals surface area contributed by atoms with Crippen molar-refractivity contribution >= 4 is 0 Å². The third-order valence-electron chi connectivity index (χ3n) is 5.87. The summed E-state index contributed by atoms with van der Waals surface area (Å²) < 4.78 is 0. The van der Waals surface area contributed by atoms with E-state index in [4.69, 9.17) is 0 Å². The van der Waals surface area contributed by atoms with Crippen LogP contribution in [0.4, 0.5) is 0 Å². The van der Waals surface area contributed by atoms with E-state index in [1.165, 1.54) is 25.2 Å². The largest absolute Gasteiger partial charge is 0.314 e. The summed E-state index contributed by atoms with van der Waals surface area (Å²) in [6.07, 6.45) is 7.73. The monoisotopic (exact) mass is 165 g/mol. The second-order valence-electron chi connectivity index (χ2n) is 5.79. The van der Waals surface area contributed by atoms with Crippen molar-refractivity contribution in [1.82, 2.24) is 5.32 Å². The molecule has 0 saturated heterocycles. The Labute approximate surface area is 75.4 Å². The second-order valence-corrected chi connectivity index (χ2v) is 5.79. The lowest BCUT2D eigenvalue weighted by atomic mass is 9.38. The normalized spacial score (nSPS) is 70.2. The number of hydrogen-bond donors (Lipinski definition) is 1. The van der Waals surface area contributed by atoms with Gasteiger partial charge < -0.3 is 5.32 Å². The first-order valence-electron chi connectivity index (χ1n) is 5.48. The summed E-state index contributed by atoms with van der Waals surface area (Å²) >= 11 is 0. The van der Waals surface area contributed by atoms with E-state index in [1.807, 2.05) is 0 Å². The molecule has 4 saturated carbocycles. The Kier molecular flexibility index (Phi) is 0.800. The van der Waals surface area contributed by atoms with Gasteiger partial charge in [-0.3, -0.25) is 0 Å². The average Bonchev–Trinajstić information content (AvgIpc) is 2.49. The molecule has 12 heavy (non-hydrogen) atoms. The van der Waals surface area contributed by atoms with Crippen LogP contribution in [0.25, 0.3) is 0 Å². The molecule has 1 heteroatoms. The summed E-state index contributed by atoms with van der Waals surface area (Å²) in [6, 6.07) is 0. The number of rotatable bonds is 1. The van der Waals surface area contributed by atoms with Crippen molar-refractivity contribution < 1.29 is 1.43 Å². The summed E-state index contributed by atoms with van der Waals surface area (Å²) in [4.78, 5) is 0. The minimum atomic E-state index is 0. The highest BCUT2D eigenvalue weighted by molar-refractivity contribution is 5.28. The number of nitrogens with one attached hydrogen (secondary N) is 1. The molecule has 68 valence electrons. The van der Waals surface area contributed by atoms with Gasteiger partial charge in [0.15, 0.2) is 0 Å². The van der Waals surface area contributed by atoms with Gasteiger partial charge in [0.2, 0.25) is 0 Å². The fraction of sp³-hybridized carbons (Fsp3) is 1.00. The van der Waals surface area contributed by atoms with Crippen molar-refractivity contribution in [3.63, 3.8) is 0 Å². The van der Waals surface area contributed by atoms with E-state index in [0.717, 1.165) is 17.3 Å². The minimum Gasteiger partial charge on any atom is -0.314 e. The molecule has 4 aliphatic carbocycles. The summed E-state index contributed by atoms with van der Waals surface area (Å²) in [5.41, 5.74) is 1.52. The van der Waals surface area contributed by atoms with Crippen molar-refractivity contribution in [3.05, 3.63) is 0 Å². The molecule has 1 N–H and O–H groups in total. The third kappa shape index (κ3) is 0.396. The quantitative estimate of drug-likeness (QED) is 0.627. The number of hydrogen-bond acceptors (Lipinski definition) is 1. The zero-order valence-corrected chi connectivity index (χ0v) is 7.77. The van der Waals surface area contributed by atoms with Crippen LogP contribution in [0.1, 0.15) is 33.5 Å². The molecule has 4 aliphatic rings. The Morgan fingerprint density at radius 1 is 1.17 bits per heavy atom. The summed E-state index contributed by atoms with van der Waals surface area (Å²) in [5, 5.41) is 3.62. The maximum atomic E-state index is 3.62. The lowest BCUT2D eigenvalue weighted by molar-refractivity contribution is -0.175. The SMILES string of the molecule is CNC12CC3CC4CC(C1)C43C2.[HH]. The van der Waals surface area contributed by atoms with Crippen LogP contribution in [0.3, 0.4) is 0 Å². The molecule has 0 heterocycles. The molecule has 1 nitrogen and oxygen atoms in total. The molecule has 0 aliphatic heterocycles. The van der Waals surface area contributed by atoms with E-state index in [-0.39, 0.29) is 1.43 Å². The van der Waals surface area contributed by atoms with Gasteiger partial charge in [-0.1, -0.05) is 0 Å². The smallest absolute Gasteiger partial charge is 0.0189 e. The molecule has 1 spiro atoms. The lowest BCUT2D eigenvalue weighted by Gasteiger charge is -2.66. The first-order valence-corrected chi connectivity index (χ1v) is 5.48. The van der Waals surface area contributed by atoms with Crippen LogP contribution in [-0.2, 0) is 0 Å². The van der Waals surface area contributed by atoms with Gasteiger partial charge in [-0.2, -0.15) is 0 Å². The maximum Gasteiger partial charge on any atom is 0.0189 e. The van der Waals surface area contributed by atoms with Crippen molar-refractivity contribution in [2.75, 3.05) is 7.05 Å². The molecular formula is C11H19N. The molecule has 0 aromatic carbocycles. The topological polar surface area (TPSA) is 12.0 Å². The standard InChI is InChI=1S/C11H17N.H2/c1-12-10-4-8-2-7-3-9(5-10)11(7,8)6-10;/h7-9,12H,2-6H2,1H3;1H. The molecule has 4 fully saturated rings. The highest BCUT2D eigenvalue weighted by Gasteiger charge is 2.77. The molecule has 4 rings (SSSR count). The highest BCUT2D eigenvalue weighted by Crippen LogP contribution is 2.81. The van der Waals surface area contributed by atoms with Crippen LogP contribution in [0.5, 0.6) is 0 Å². The van der Waals surface area contributed by atoms with Gasteiger partial charge >= 0.3 is 0 Å². The van der Waals surface area contributed by atoms with Gasteiger partial charge in [0, 0.05) is 6.97 Å². The second kappa shape index (κ2) is 1.50. The van der Waals surface area contributed by atoms with E-state index in [0.29, 0.717) is 5.54 Å². The van der Waals surface area contributed by atoms with E-state index >= 15 is 0 Å². The Bertz CT molecular complexity index is 247. The molecular weight excluding hydrogens is 146 g/mol. The van der Waals surface area contributed by atoms with Gasteiger partial charge in [-0.15, -0.1) is 0 Å². The van der Waals surface area contributed by atoms with Crippen LogP contribution in [0.15, 0.2) is 0 Å². The van der Waals surface area contributed by atoms with Crippen molar-refractivity contribution in [2.45, 2.75) is 37.6 Å². The Hall–Kier alpha value is -0.0400. The summed E-state index contributed by atoms with van der Waals surface area (Å²) in [7, 11) is 2.18. The molecule has 0 amide bonds. The van der Waals surface area contributed by atoms with Crippen molar-refractivity contribution in [1.29, 1.82) is 0 Å². The van der Waals surface area contributed by atoms with Gasteiger partial charge in [0.25, 0.3) is 0 Å². The fourth-order valence-corrected chi connectivity index (χ4v) is 5.37. The van der Waals surface area contributed by atoms with Gasteiger partial charge in [0.05, 0.1) is 0 Å². The van der Waals surface area contributed by atoms with E-state index in [9.17, 15) is 0 Å². The highest BCUT2D eigenvalue weighted by atomic mass is 15.0. The van der Waals surface area contributed by atoms with Crippen molar-refractivity contribution in [3.8, 4) is 0 Å². The Morgan fingerprint density at radius 2 is 1.83 bits per heavy atom. The first kappa shape index (κ1) is 6.42. The predicted octanol–water partition coefficient (Wildman–Crippen LogP) is 2.03. The first-order chi connectivity index (χ1) is 5.79. The molecule has 2 atom stereocenters. The van der Waals surface area contributed by atoms with Gasteiger partial charge in [-0.25, -0.2) is 0 Å². The Balaban J connectivity index is 0.000000562. The zero-order chi connectivity index (χ0) is 7.97. The maximum absolute atomic E-state index is 3.62. The fourth-order valence-electron chi connectivity index (χ4n) is 5.37. The molecule has 2 unspecified atom stereocenters. The van der Waals surface area contributed by atoms with E-state index < -0.39 is 0 Å². The Morgan fingerprint density at radius 3 is 2.25 bits per heavy atom. The number of fused-ring (bicyclic) bond motifs is 1. The van der Waals surface area contributed by atoms with Crippen LogP contribution in [-0.4, -0.2) is 12.6 Å². The van der Waals surface area contributed by atoms with Gasteiger partial charge in [-0.05, 0) is 62.3 Å². The van der Waals surface area contributed by atoms with E-state index in [1.54, 1.807) is 12.8 Å². The van der Waals surface area contributed by atoms with Crippen molar-refractivity contribution in [2.24, 2.45) is 23.2 Å². The van der Waals surface area contributed by atoms with Crippen LogP contribution in [0.2, 0.25) is 0 Å². The summed E-state index contributed by atoms with van der Waals surface area (Å²) in [5.74, 6) is 3.45. The minimum absolute atomic E-state index is 0. The zero-order valence-electron chi connectivity index (χ0n) is 7.77. The van der Waals surface area contributed by atoms with Gasteiger partial charge in [0.1, 0.15) is 0 Å². The third-order valence-corrected chi connectivity index (χ3v) is 5.87. The van der Waals surface area contributed by atoms with Crippen LogP contribution in [0, 0.1) is 23.2 Å². The van der Waals surface area contributed by atoms with Crippen LogP contribution < -0.4 is 5.32 Å². The molecule has 2 bridgehead atoms. The van der Waals surface area contributed by atoms with Crippen LogP contribution >= 0.6 is 0 Å². The molecule has 0 aromatic rings. The predicted molar refractivity (Wildman–Crippen MR) is 49.9 cm³/mol.